The van der Waals surface area contributed by atoms with Crippen LogP contribution in [0.2, 0.25) is 0 Å². The number of rotatable bonds is 4. The van der Waals surface area contributed by atoms with E-state index in [1.807, 2.05) is 6.92 Å². The quantitative estimate of drug-likeness (QED) is 0.827. The second kappa shape index (κ2) is 6.78. The fourth-order valence-electron chi connectivity index (χ4n) is 3.84. The molecule has 2 N–H and O–H groups in total. The standard InChI is InChI=1S/C17H22N4O4/c1-2-3-13-11(9-18-10-19-13)15(23)21-6-4-17(5-7-21)12(16(24)25)8-14(22)20-17/h9-10,12H,2-8H2,1H3,(H,20,22)(H,24,25)/t12-/m1/s1. The predicted octanol–water partition coefficient (Wildman–Crippen LogP) is 0.625. The van der Waals surface area contributed by atoms with E-state index in [4.69, 9.17) is 0 Å². The van der Waals surface area contributed by atoms with Gasteiger partial charge in [-0.1, -0.05) is 13.3 Å². The molecule has 3 rings (SSSR count). The van der Waals surface area contributed by atoms with Gasteiger partial charge in [0, 0.05) is 25.7 Å². The lowest BCUT2D eigenvalue weighted by atomic mass is 9.77. The van der Waals surface area contributed by atoms with Crippen molar-refractivity contribution in [2.75, 3.05) is 13.1 Å². The van der Waals surface area contributed by atoms with Gasteiger partial charge in [0.05, 0.1) is 22.7 Å². The molecule has 25 heavy (non-hydrogen) atoms. The molecule has 1 spiro atoms. The molecule has 1 aromatic heterocycles. The average Bonchev–Trinajstić information content (AvgIpc) is 2.92. The Morgan fingerprint density at radius 2 is 2.12 bits per heavy atom. The minimum absolute atomic E-state index is 0.0104. The molecule has 2 fully saturated rings. The maximum Gasteiger partial charge on any atom is 0.309 e. The highest BCUT2D eigenvalue weighted by Gasteiger charge is 2.52. The molecule has 2 aliphatic rings. The zero-order valence-electron chi connectivity index (χ0n) is 14.2. The van der Waals surface area contributed by atoms with Crippen LogP contribution in [0.1, 0.15) is 48.7 Å². The van der Waals surface area contributed by atoms with Gasteiger partial charge in [0.25, 0.3) is 5.91 Å². The minimum atomic E-state index is -0.959. The third-order valence-corrected chi connectivity index (χ3v) is 5.20. The molecule has 0 saturated carbocycles. The van der Waals surface area contributed by atoms with Gasteiger partial charge in [0.15, 0.2) is 0 Å². The summed E-state index contributed by atoms with van der Waals surface area (Å²) < 4.78 is 0. The van der Waals surface area contributed by atoms with Gasteiger partial charge in [-0.05, 0) is 19.3 Å². The normalized spacial score (nSPS) is 22.0. The topological polar surface area (TPSA) is 112 Å². The van der Waals surface area contributed by atoms with Crippen molar-refractivity contribution in [3.63, 3.8) is 0 Å². The number of aliphatic carboxylic acids is 1. The van der Waals surface area contributed by atoms with E-state index in [1.54, 1.807) is 11.1 Å². The summed E-state index contributed by atoms with van der Waals surface area (Å²) in [6.45, 7) is 2.84. The van der Waals surface area contributed by atoms with Gasteiger partial charge in [0.1, 0.15) is 6.33 Å². The van der Waals surface area contributed by atoms with Gasteiger partial charge < -0.3 is 15.3 Å². The van der Waals surface area contributed by atoms with E-state index in [2.05, 4.69) is 15.3 Å². The largest absolute Gasteiger partial charge is 0.481 e. The lowest BCUT2D eigenvalue weighted by Crippen LogP contribution is -2.56. The van der Waals surface area contributed by atoms with Crippen LogP contribution >= 0.6 is 0 Å². The highest BCUT2D eigenvalue weighted by atomic mass is 16.4. The molecule has 0 bridgehead atoms. The van der Waals surface area contributed by atoms with Crippen molar-refractivity contribution in [3.05, 3.63) is 23.8 Å². The number of amides is 2. The molecular weight excluding hydrogens is 324 g/mol. The summed E-state index contributed by atoms with van der Waals surface area (Å²) >= 11 is 0. The summed E-state index contributed by atoms with van der Waals surface area (Å²) in [4.78, 5) is 45.9. The first kappa shape index (κ1) is 17.3. The highest BCUT2D eigenvalue weighted by molar-refractivity contribution is 5.95. The zero-order valence-corrected chi connectivity index (χ0v) is 14.2. The van der Waals surface area contributed by atoms with Crippen molar-refractivity contribution in [2.24, 2.45) is 5.92 Å². The van der Waals surface area contributed by atoms with Crippen LogP contribution in [0.4, 0.5) is 0 Å². The van der Waals surface area contributed by atoms with Crippen LogP contribution in [0.25, 0.3) is 0 Å². The fraction of sp³-hybridized carbons (Fsp3) is 0.588. The van der Waals surface area contributed by atoms with Crippen molar-refractivity contribution in [1.29, 1.82) is 0 Å². The van der Waals surface area contributed by atoms with Crippen LogP contribution in [-0.4, -0.2) is 56.4 Å². The van der Waals surface area contributed by atoms with E-state index in [0.717, 1.165) is 12.1 Å². The Hall–Kier alpha value is -2.51. The maximum absolute atomic E-state index is 12.8. The Kier molecular flexibility index (Phi) is 4.69. The smallest absolute Gasteiger partial charge is 0.309 e. The second-order valence-corrected chi connectivity index (χ2v) is 6.72. The number of likely N-dealkylation sites (tertiary alicyclic amines) is 1. The van der Waals surface area contributed by atoms with E-state index >= 15 is 0 Å². The third kappa shape index (κ3) is 3.20. The van der Waals surface area contributed by atoms with Gasteiger partial charge in [0.2, 0.25) is 5.91 Å². The number of aromatic nitrogens is 2. The van der Waals surface area contributed by atoms with Crippen LogP contribution in [0.3, 0.4) is 0 Å². The van der Waals surface area contributed by atoms with Gasteiger partial charge >= 0.3 is 5.97 Å². The lowest BCUT2D eigenvalue weighted by Gasteiger charge is -2.41. The van der Waals surface area contributed by atoms with Crippen molar-refractivity contribution in [1.82, 2.24) is 20.2 Å². The molecule has 2 amide bonds. The molecule has 1 aromatic rings. The first-order chi connectivity index (χ1) is 12.0. The molecular formula is C17H22N4O4. The van der Waals surface area contributed by atoms with E-state index in [9.17, 15) is 19.5 Å². The Labute approximate surface area is 145 Å². The highest BCUT2D eigenvalue weighted by Crippen LogP contribution is 2.37. The van der Waals surface area contributed by atoms with Crippen LogP contribution in [0.15, 0.2) is 12.5 Å². The lowest BCUT2D eigenvalue weighted by molar-refractivity contribution is -0.144. The van der Waals surface area contributed by atoms with Crippen LogP contribution in [-0.2, 0) is 16.0 Å². The van der Waals surface area contributed by atoms with Gasteiger partial charge in [-0.2, -0.15) is 0 Å². The zero-order chi connectivity index (χ0) is 18.0. The SMILES string of the molecule is CCCc1ncncc1C(=O)N1CCC2(CC1)NC(=O)C[C@@H]2C(=O)O. The summed E-state index contributed by atoms with van der Waals surface area (Å²) in [7, 11) is 0. The number of carbonyl (C=O) groups is 3. The minimum Gasteiger partial charge on any atom is -0.481 e. The van der Waals surface area contributed by atoms with Crippen molar-refractivity contribution in [3.8, 4) is 0 Å². The number of hydrogen-bond donors (Lipinski definition) is 2. The van der Waals surface area contributed by atoms with Crippen LogP contribution in [0, 0.1) is 5.92 Å². The summed E-state index contributed by atoms with van der Waals surface area (Å²) in [5, 5.41) is 12.3. The van der Waals surface area contributed by atoms with Crippen molar-refractivity contribution >= 4 is 17.8 Å². The van der Waals surface area contributed by atoms with Crippen LogP contribution < -0.4 is 5.32 Å². The Balaban J connectivity index is 1.73. The summed E-state index contributed by atoms with van der Waals surface area (Å²) in [6, 6.07) is 0. The Morgan fingerprint density at radius 1 is 1.40 bits per heavy atom. The first-order valence-corrected chi connectivity index (χ1v) is 8.59. The monoisotopic (exact) mass is 346 g/mol. The molecule has 8 nitrogen and oxygen atoms in total. The molecule has 0 unspecified atom stereocenters. The van der Waals surface area contributed by atoms with Crippen molar-refractivity contribution in [2.45, 2.75) is 44.6 Å². The van der Waals surface area contributed by atoms with E-state index in [0.29, 0.717) is 37.9 Å². The molecule has 3 heterocycles. The van der Waals surface area contributed by atoms with E-state index < -0.39 is 17.4 Å². The molecule has 134 valence electrons. The number of carboxylic acid groups (broad SMARTS) is 1. The van der Waals surface area contributed by atoms with Gasteiger partial charge in [-0.15, -0.1) is 0 Å². The van der Waals surface area contributed by atoms with Crippen molar-refractivity contribution < 1.29 is 19.5 Å². The number of nitrogens with zero attached hydrogens (tertiary/aromatic N) is 3. The molecule has 0 radical (unpaired) electrons. The number of aryl methyl sites for hydroxylation is 1. The van der Waals surface area contributed by atoms with Gasteiger partial charge in [-0.3, -0.25) is 14.4 Å². The number of carbonyl (C=O) groups excluding carboxylic acids is 2. The van der Waals surface area contributed by atoms with E-state index in [1.165, 1.54) is 6.33 Å². The number of piperidine rings is 1. The maximum atomic E-state index is 12.8. The van der Waals surface area contributed by atoms with E-state index in [-0.39, 0.29) is 18.2 Å². The second-order valence-electron chi connectivity index (χ2n) is 6.72. The van der Waals surface area contributed by atoms with Crippen LogP contribution in [0.5, 0.6) is 0 Å². The predicted molar refractivity (Wildman–Crippen MR) is 87.8 cm³/mol. The molecule has 2 aliphatic heterocycles. The first-order valence-electron chi connectivity index (χ1n) is 8.59. The van der Waals surface area contributed by atoms with Gasteiger partial charge in [-0.25, -0.2) is 9.97 Å². The number of carboxylic acids is 1. The molecule has 8 heteroatoms. The summed E-state index contributed by atoms with van der Waals surface area (Å²) in [6.07, 6.45) is 5.47. The summed E-state index contributed by atoms with van der Waals surface area (Å²) in [5.74, 6) is -2.04. The number of hydrogen-bond acceptors (Lipinski definition) is 5. The third-order valence-electron chi connectivity index (χ3n) is 5.20. The average molecular weight is 346 g/mol. The molecule has 2 saturated heterocycles. The fourth-order valence-corrected chi connectivity index (χ4v) is 3.84. The molecule has 1 atom stereocenters. The Morgan fingerprint density at radius 3 is 2.76 bits per heavy atom. The Bertz CT molecular complexity index is 698. The number of nitrogens with one attached hydrogen (secondary N) is 1. The molecule has 0 aliphatic carbocycles. The molecule has 0 aromatic carbocycles. The summed E-state index contributed by atoms with van der Waals surface area (Å²) in [5.41, 5.74) is 0.505.